The highest BCUT2D eigenvalue weighted by atomic mass is 127. The number of hydrogen-bond acceptors (Lipinski definition) is 5. The van der Waals surface area contributed by atoms with Gasteiger partial charge in [0.2, 0.25) is 0 Å². The summed E-state index contributed by atoms with van der Waals surface area (Å²) in [4.78, 5) is 18.8. The number of fused-ring (bicyclic) bond motifs is 1. The first-order valence-electron chi connectivity index (χ1n) is 13.9. The Kier molecular flexibility index (Phi) is 10.1. The normalized spacial score (nSPS) is 11.5. The fourth-order valence-electron chi connectivity index (χ4n) is 4.76. The molecule has 0 aliphatic heterocycles. The Morgan fingerprint density at radius 2 is 1.70 bits per heavy atom. The van der Waals surface area contributed by atoms with Crippen LogP contribution in [0.3, 0.4) is 0 Å². The molecule has 9 heteroatoms. The molecule has 0 aliphatic carbocycles. The number of aryl methyl sites for hydroxylation is 1. The summed E-state index contributed by atoms with van der Waals surface area (Å²) in [6, 6.07) is 23.1. The summed E-state index contributed by atoms with van der Waals surface area (Å²) in [6.07, 6.45) is 1.69. The first kappa shape index (κ1) is 31.5. The standard InChI is InChI=1S/C34H30ClI2N3O3/c1-5-42-31-14-21(4)26(17-25(31)20(2)3)33-39-30-13-9-7-11-24(30)34(41)40(33)38-18-22-15-28(36)32(29(37)16-22)43-19-23-10-6-8-12-27(23)35/h6-18,20H,5,19H2,1-4H3. The fraction of sp³-hybridized carbons (Fsp3) is 0.206. The molecule has 0 saturated heterocycles. The molecule has 0 atom stereocenters. The van der Waals surface area contributed by atoms with E-state index >= 15 is 0 Å². The van der Waals surface area contributed by atoms with Gasteiger partial charge >= 0.3 is 0 Å². The Morgan fingerprint density at radius 3 is 2.40 bits per heavy atom. The summed E-state index contributed by atoms with van der Waals surface area (Å²) in [7, 11) is 0. The van der Waals surface area contributed by atoms with E-state index in [0.717, 1.165) is 46.5 Å². The van der Waals surface area contributed by atoms with Gasteiger partial charge in [0.1, 0.15) is 18.1 Å². The van der Waals surface area contributed by atoms with E-state index in [1.54, 1.807) is 12.3 Å². The van der Waals surface area contributed by atoms with E-state index in [9.17, 15) is 4.79 Å². The van der Waals surface area contributed by atoms with Crippen LogP contribution in [0.4, 0.5) is 0 Å². The zero-order valence-corrected chi connectivity index (χ0v) is 29.3. The molecule has 0 N–H and O–H groups in total. The Hall–Kier alpha value is -2.96. The van der Waals surface area contributed by atoms with Crippen molar-refractivity contribution in [2.45, 2.75) is 40.2 Å². The van der Waals surface area contributed by atoms with E-state index in [4.69, 9.17) is 31.2 Å². The maximum Gasteiger partial charge on any atom is 0.282 e. The highest BCUT2D eigenvalue weighted by molar-refractivity contribution is 14.1. The van der Waals surface area contributed by atoms with Crippen molar-refractivity contribution in [2.24, 2.45) is 5.10 Å². The molecular formula is C34H30ClI2N3O3. The first-order chi connectivity index (χ1) is 20.7. The third kappa shape index (κ3) is 6.91. The summed E-state index contributed by atoms with van der Waals surface area (Å²) >= 11 is 10.8. The van der Waals surface area contributed by atoms with Crippen LogP contribution in [0.5, 0.6) is 11.5 Å². The first-order valence-corrected chi connectivity index (χ1v) is 16.4. The lowest BCUT2D eigenvalue weighted by Gasteiger charge is -2.18. The van der Waals surface area contributed by atoms with E-state index in [2.05, 4.69) is 65.1 Å². The smallest absolute Gasteiger partial charge is 0.282 e. The van der Waals surface area contributed by atoms with Gasteiger partial charge in [-0.2, -0.15) is 9.78 Å². The largest absolute Gasteiger partial charge is 0.494 e. The van der Waals surface area contributed by atoms with Gasteiger partial charge in [0.25, 0.3) is 5.56 Å². The summed E-state index contributed by atoms with van der Waals surface area (Å²) in [5.41, 5.74) is 4.97. The number of aromatic nitrogens is 2. The Morgan fingerprint density at radius 1 is 1.00 bits per heavy atom. The lowest BCUT2D eigenvalue weighted by molar-refractivity contribution is 0.302. The topological polar surface area (TPSA) is 65.7 Å². The molecule has 5 rings (SSSR count). The molecule has 0 radical (unpaired) electrons. The predicted molar refractivity (Wildman–Crippen MR) is 192 cm³/mol. The second kappa shape index (κ2) is 13.8. The number of halogens is 3. The van der Waals surface area contributed by atoms with Crippen LogP contribution >= 0.6 is 56.8 Å². The minimum absolute atomic E-state index is 0.216. The molecule has 5 aromatic rings. The van der Waals surface area contributed by atoms with E-state index in [0.29, 0.717) is 35.0 Å². The number of hydrogen-bond donors (Lipinski definition) is 0. The van der Waals surface area contributed by atoms with Gasteiger partial charge in [-0.05, 0) is 124 Å². The molecule has 0 unspecified atom stereocenters. The minimum atomic E-state index is -0.236. The maximum atomic E-state index is 13.8. The Labute approximate surface area is 283 Å². The number of nitrogens with zero attached hydrogens (tertiary/aromatic N) is 3. The van der Waals surface area contributed by atoms with Crippen LogP contribution in [0.25, 0.3) is 22.3 Å². The average molecular weight is 818 g/mol. The van der Waals surface area contributed by atoms with E-state index < -0.39 is 0 Å². The molecule has 43 heavy (non-hydrogen) atoms. The van der Waals surface area contributed by atoms with Crippen molar-refractivity contribution in [3.63, 3.8) is 0 Å². The van der Waals surface area contributed by atoms with E-state index in [-0.39, 0.29) is 11.5 Å². The molecule has 6 nitrogen and oxygen atoms in total. The minimum Gasteiger partial charge on any atom is -0.494 e. The molecule has 0 fully saturated rings. The van der Waals surface area contributed by atoms with Crippen molar-refractivity contribution >= 4 is 73.9 Å². The monoisotopic (exact) mass is 817 g/mol. The SMILES string of the molecule is CCOc1cc(C)c(-c2nc3ccccc3c(=O)n2N=Cc2cc(I)c(OCc3ccccc3Cl)c(I)c2)cc1C(C)C. The molecule has 0 aliphatic rings. The van der Waals surface area contributed by atoms with Crippen molar-refractivity contribution in [3.8, 4) is 22.9 Å². The van der Waals surface area contributed by atoms with Crippen LogP contribution in [-0.2, 0) is 6.61 Å². The molecule has 0 spiro atoms. The van der Waals surface area contributed by atoms with E-state index in [1.165, 1.54) is 4.68 Å². The Balaban J connectivity index is 1.57. The third-order valence-corrected chi connectivity index (χ3v) is 8.92. The Bertz CT molecular complexity index is 1880. The van der Waals surface area contributed by atoms with Crippen molar-refractivity contribution < 1.29 is 9.47 Å². The zero-order valence-electron chi connectivity index (χ0n) is 24.2. The fourth-order valence-corrected chi connectivity index (χ4v) is 7.08. The van der Waals surface area contributed by atoms with Crippen LogP contribution < -0.4 is 15.0 Å². The summed E-state index contributed by atoms with van der Waals surface area (Å²) in [6.45, 7) is 9.17. The lowest BCUT2D eigenvalue weighted by Crippen LogP contribution is -2.21. The molecule has 1 aromatic heterocycles. The van der Waals surface area contributed by atoms with Gasteiger partial charge in [-0.3, -0.25) is 4.79 Å². The van der Waals surface area contributed by atoms with Crippen molar-refractivity contribution in [2.75, 3.05) is 6.61 Å². The van der Waals surface area contributed by atoms with Gasteiger partial charge < -0.3 is 9.47 Å². The van der Waals surface area contributed by atoms with Crippen LogP contribution in [0.2, 0.25) is 5.02 Å². The molecule has 0 amide bonds. The van der Waals surface area contributed by atoms with Gasteiger partial charge in [-0.25, -0.2) is 4.98 Å². The second-order valence-corrected chi connectivity index (χ2v) is 13.0. The number of para-hydroxylation sites is 1. The number of benzene rings is 4. The van der Waals surface area contributed by atoms with E-state index in [1.807, 2.05) is 74.5 Å². The molecule has 4 aromatic carbocycles. The third-order valence-electron chi connectivity index (χ3n) is 6.95. The predicted octanol–water partition coefficient (Wildman–Crippen LogP) is 9.22. The lowest BCUT2D eigenvalue weighted by atomic mass is 9.96. The van der Waals surface area contributed by atoms with Crippen LogP contribution in [-0.4, -0.2) is 22.5 Å². The maximum absolute atomic E-state index is 13.8. The zero-order chi connectivity index (χ0) is 30.7. The molecular weight excluding hydrogens is 788 g/mol. The second-order valence-electron chi connectivity index (χ2n) is 10.3. The van der Waals surface area contributed by atoms with Gasteiger partial charge in [-0.15, -0.1) is 0 Å². The van der Waals surface area contributed by atoms with Gasteiger partial charge in [0.05, 0.1) is 30.9 Å². The van der Waals surface area contributed by atoms with Crippen LogP contribution in [0.1, 0.15) is 48.9 Å². The number of rotatable bonds is 9. The molecule has 0 bridgehead atoms. The summed E-state index contributed by atoms with van der Waals surface area (Å²) < 4.78 is 15.3. The van der Waals surface area contributed by atoms with Crippen LogP contribution in [0.15, 0.2) is 82.7 Å². The van der Waals surface area contributed by atoms with Crippen molar-refractivity contribution in [3.05, 3.63) is 118 Å². The van der Waals surface area contributed by atoms with Gasteiger partial charge in [0.15, 0.2) is 5.82 Å². The average Bonchev–Trinajstić information content (AvgIpc) is 2.97. The molecule has 1 heterocycles. The molecule has 220 valence electrons. The number of ether oxygens (including phenoxy) is 2. The van der Waals surface area contributed by atoms with Crippen molar-refractivity contribution in [1.29, 1.82) is 0 Å². The highest BCUT2D eigenvalue weighted by Gasteiger charge is 2.19. The van der Waals surface area contributed by atoms with Crippen LogP contribution in [0, 0.1) is 14.1 Å². The van der Waals surface area contributed by atoms with Gasteiger partial charge in [-0.1, -0.05) is 55.8 Å². The molecule has 0 saturated carbocycles. The summed E-state index contributed by atoms with van der Waals surface area (Å²) in [5.74, 6) is 2.31. The van der Waals surface area contributed by atoms with Crippen molar-refractivity contribution in [1.82, 2.24) is 9.66 Å². The summed E-state index contributed by atoms with van der Waals surface area (Å²) in [5, 5.41) is 5.89. The quantitative estimate of drug-likeness (QED) is 0.110. The highest BCUT2D eigenvalue weighted by Crippen LogP contribution is 2.35. The van der Waals surface area contributed by atoms with Gasteiger partial charge in [0, 0.05) is 16.1 Å².